The van der Waals surface area contributed by atoms with Gasteiger partial charge < -0.3 is 0 Å². The largest absolute Gasteiger partial charge is 0.299 e. The van der Waals surface area contributed by atoms with E-state index in [1.807, 2.05) is 0 Å². The minimum absolute atomic E-state index is 0.264. The second-order valence-electron chi connectivity index (χ2n) is 5.81. The Labute approximate surface area is 118 Å². The number of hydrogen-bond acceptors (Lipinski definition) is 1. The Bertz CT molecular complexity index is 369. The number of Topliss-reactive ketones (excluding diaryl/α,β-unsaturated/α-hetero) is 1. The van der Waals surface area contributed by atoms with Crippen LogP contribution in [0.2, 0.25) is 0 Å². The first kappa shape index (κ1) is 15.9. The van der Waals surface area contributed by atoms with Crippen LogP contribution < -0.4 is 0 Å². The van der Waals surface area contributed by atoms with Gasteiger partial charge in [-0.25, -0.2) is 0 Å². The number of carbonyl (C=O) groups is 1. The van der Waals surface area contributed by atoms with E-state index in [4.69, 9.17) is 0 Å². The average Bonchev–Trinajstić information content (AvgIpc) is 2.39. The van der Waals surface area contributed by atoms with Crippen molar-refractivity contribution in [2.24, 2.45) is 5.92 Å². The summed E-state index contributed by atoms with van der Waals surface area (Å²) in [6, 6.07) is 8.54. The molecule has 0 atom stereocenters. The molecule has 0 saturated heterocycles. The molecule has 0 aromatic heterocycles. The van der Waals surface area contributed by atoms with Crippen LogP contribution in [0.3, 0.4) is 0 Å². The number of hydrogen-bond donors (Lipinski definition) is 0. The highest BCUT2D eigenvalue weighted by molar-refractivity contribution is 5.83. The molecular weight excluding hydrogens is 232 g/mol. The van der Waals surface area contributed by atoms with Crippen molar-refractivity contribution in [3.63, 3.8) is 0 Å². The third kappa shape index (κ3) is 5.18. The van der Waals surface area contributed by atoms with Gasteiger partial charge in [-0.2, -0.15) is 0 Å². The summed E-state index contributed by atoms with van der Waals surface area (Å²) in [6.07, 6.45) is 4.88. The molecule has 0 unspecified atom stereocenters. The standard InChI is InChI=1S/C18H28O/c1-5-7-17(8-6-2)18(19)13-15-9-11-16(12-10-15)14(3)4/h9-12,14,17H,5-8,13H2,1-4H3. The van der Waals surface area contributed by atoms with Crippen LogP contribution in [0.25, 0.3) is 0 Å². The van der Waals surface area contributed by atoms with Gasteiger partial charge in [0, 0.05) is 12.3 Å². The zero-order valence-electron chi connectivity index (χ0n) is 12.9. The molecule has 0 aliphatic carbocycles. The van der Waals surface area contributed by atoms with Crippen LogP contribution in [0.15, 0.2) is 24.3 Å². The molecule has 0 heterocycles. The van der Waals surface area contributed by atoms with Crippen molar-refractivity contribution in [1.82, 2.24) is 0 Å². The van der Waals surface area contributed by atoms with Crippen LogP contribution in [0.4, 0.5) is 0 Å². The van der Waals surface area contributed by atoms with Crippen molar-refractivity contribution in [2.75, 3.05) is 0 Å². The van der Waals surface area contributed by atoms with Gasteiger partial charge in [-0.3, -0.25) is 4.79 Å². The maximum absolute atomic E-state index is 12.3. The first-order valence-corrected chi connectivity index (χ1v) is 7.70. The summed E-state index contributed by atoms with van der Waals surface area (Å²) in [4.78, 5) is 12.3. The number of rotatable bonds is 8. The van der Waals surface area contributed by atoms with E-state index in [1.165, 1.54) is 5.56 Å². The molecule has 1 rings (SSSR count). The van der Waals surface area contributed by atoms with E-state index < -0.39 is 0 Å². The fourth-order valence-corrected chi connectivity index (χ4v) is 2.53. The van der Waals surface area contributed by atoms with Gasteiger partial charge in [0.15, 0.2) is 0 Å². The van der Waals surface area contributed by atoms with E-state index in [2.05, 4.69) is 52.0 Å². The maximum atomic E-state index is 12.3. The third-order valence-electron chi connectivity index (χ3n) is 3.75. The van der Waals surface area contributed by atoms with Gasteiger partial charge in [0.2, 0.25) is 0 Å². The molecule has 1 heteroatoms. The topological polar surface area (TPSA) is 17.1 Å². The molecule has 0 spiro atoms. The number of ketones is 1. The molecule has 0 N–H and O–H groups in total. The van der Waals surface area contributed by atoms with Crippen LogP contribution >= 0.6 is 0 Å². The fourth-order valence-electron chi connectivity index (χ4n) is 2.53. The SMILES string of the molecule is CCCC(CCC)C(=O)Cc1ccc(C(C)C)cc1. The molecule has 0 saturated carbocycles. The molecular formula is C18H28O. The Hall–Kier alpha value is -1.11. The Balaban J connectivity index is 2.64. The van der Waals surface area contributed by atoms with Crippen molar-refractivity contribution >= 4 is 5.78 Å². The molecule has 1 aromatic carbocycles. The highest BCUT2D eigenvalue weighted by Gasteiger charge is 2.16. The van der Waals surface area contributed by atoms with E-state index in [0.717, 1.165) is 31.2 Å². The van der Waals surface area contributed by atoms with Crippen LogP contribution in [0, 0.1) is 5.92 Å². The number of carbonyl (C=O) groups excluding carboxylic acids is 1. The Morgan fingerprint density at radius 3 is 1.95 bits per heavy atom. The van der Waals surface area contributed by atoms with Gasteiger partial charge in [0.25, 0.3) is 0 Å². The van der Waals surface area contributed by atoms with Gasteiger partial charge in [-0.05, 0) is 29.9 Å². The Morgan fingerprint density at radius 2 is 1.53 bits per heavy atom. The minimum Gasteiger partial charge on any atom is -0.299 e. The molecule has 0 aliphatic heterocycles. The summed E-state index contributed by atoms with van der Waals surface area (Å²) in [5.41, 5.74) is 2.50. The van der Waals surface area contributed by atoms with Crippen LogP contribution in [0.5, 0.6) is 0 Å². The third-order valence-corrected chi connectivity index (χ3v) is 3.75. The average molecular weight is 260 g/mol. The van der Waals surface area contributed by atoms with Gasteiger partial charge >= 0.3 is 0 Å². The van der Waals surface area contributed by atoms with Crippen LogP contribution in [-0.4, -0.2) is 5.78 Å². The van der Waals surface area contributed by atoms with Crippen LogP contribution in [0.1, 0.15) is 70.4 Å². The monoisotopic (exact) mass is 260 g/mol. The van der Waals surface area contributed by atoms with Crippen molar-refractivity contribution in [3.05, 3.63) is 35.4 Å². The van der Waals surface area contributed by atoms with Gasteiger partial charge in [0.1, 0.15) is 5.78 Å². The lowest BCUT2D eigenvalue weighted by molar-refractivity contribution is -0.122. The first-order valence-electron chi connectivity index (χ1n) is 7.70. The molecule has 0 radical (unpaired) electrons. The van der Waals surface area contributed by atoms with Crippen molar-refractivity contribution < 1.29 is 4.79 Å². The highest BCUT2D eigenvalue weighted by Crippen LogP contribution is 2.19. The Kier molecular flexibility index (Phi) is 6.83. The van der Waals surface area contributed by atoms with Crippen molar-refractivity contribution in [2.45, 2.75) is 65.7 Å². The van der Waals surface area contributed by atoms with Gasteiger partial charge in [-0.15, -0.1) is 0 Å². The molecule has 19 heavy (non-hydrogen) atoms. The minimum atomic E-state index is 0.264. The molecule has 106 valence electrons. The predicted octanol–water partition coefficient (Wildman–Crippen LogP) is 5.14. The summed E-state index contributed by atoms with van der Waals surface area (Å²) in [5.74, 6) is 1.23. The quantitative estimate of drug-likeness (QED) is 0.632. The predicted molar refractivity (Wildman–Crippen MR) is 82.5 cm³/mol. The van der Waals surface area contributed by atoms with E-state index >= 15 is 0 Å². The normalized spacial score (nSPS) is 11.3. The highest BCUT2D eigenvalue weighted by atomic mass is 16.1. The zero-order valence-corrected chi connectivity index (χ0v) is 12.9. The molecule has 0 amide bonds. The maximum Gasteiger partial charge on any atom is 0.140 e. The lowest BCUT2D eigenvalue weighted by Crippen LogP contribution is -2.16. The molecule has 0 aliphatic rings. The fraction of sp³-hybridized carbons (Fsp3) is 0.611. The molecule has 1 aromatic rings. The molecule has 0 bridgehead atoms. The van der Waals surface area contributed by atoms with E-state index in [0.29, 0.717) is 18.1 Å². The Morgan fingerprint density at radius 1 is 1.00 bits per heavy atom. The van der Waals surface area contributed by atoms with E-state index in [1.54, 1.807) is 0 Å². The summed E-state index contributed by atoms with van der Waals surface area (Å²) in [5, 5.41) is 0. The summed E-state index contributed by atoms with van der Waals surface area (Å²) in [7, 11) is 0. The smallest absolute Gasteiger partial charge is 0.140 e. The van der Waals surface area contributed by atoms with Crippen molar-refractivity contribution in [1.29, 1.82) is 0 Å². The lowest BCUT2D eigenvalue weighted by atomic mass is 9.90. The summed E-state index contributed by atoms with van der Waals surface area (Å²) < 4.78 is 0. The molecule has 1 nitrogen and oxygen atoms in total. The molecule has 0 fully saturated rings. The van der Waals surface area contributed by atoms with Gasteiger partial charge in [-0.1, -0.05) is 64.8 Å². The van der Waals surface area contributed by atoms with Crippen molar-refractivity contribution in [3.8, 4) is 0 Å². The van der Waals surface area contributed by atoms with E-state index in [9.17, 15) is 4.79 Å². The van der Waals surface area contributed by atoms with Crippen LogP contribution in [-0.2, 0) is 11.2 Å². The van der Waals surface area contributed by atoms with Gasteiger partial charge in [0.05, 0.1) is 0 Å². The summed E-state index contributed by atoms with van der Waals surface area (Å²) in [6.45, 7) is 8.71. The number of benzene rings is 1. The van der Waals surface area contributed by atoms with E-state index in [-0.39, 0.29) is 5.92 Å². The first-order chi connectivity index (χ1) is 9.08. The second-order valence-corrected chi connectivity index (χ2v) is 5.81. The second kappa shape index (κ2) is 8.14. The summed E-state index contributed by atoms with van der Waals surface area (Å²) >= 11 is 0. The zero-order chi connectivity index (χ0) is 14.3. The lowest BCUT2D eigenvalue weighted by Gasteiger charge is -2.14.